The standard InChI is InChI=1S/C24H24N4O2/c1-17(19-10-12-21(13-11-19)27-24(30)20-8-9-20)26-23(29)14-7-18-15-25-28(16-18)22-5-3-2-4-6-22/h2-7,10-17,20H,8-9H2,1H3,(H,26,29)(H,27,30)/b14-7+. The number of carbonyl (C=O) groups excluding carboxylic acids is 2. The summed E-state index contributed by atoms with van der Waals surface area (Å²) in [5.41, 5.74) is 3.56. The number of anilines is 1. The Morgan fingerprint density at radius 1 is 1.10 bits per heavy atom. The molecule has 6 nitrogen and oxygen atoms in total. The number of aromatic nitrogens is 2. The number of hydrogen-bond acceptors (Lipinski definition) is 3. The van der Waals surface area contributed by atoms with E-state index in [0.717, 1.165) is 35.3 Å². The van der Waals surface area contributed by atoms with E-state index in [1.807, 2.05) is 67.7 Å². The summed E-state index contributed by atoms with van der Waals surface area (Å²) < 4.78 is 1.77. The second-order valence-corrected chi connectivity index (χ2v) is 7.50. The summed E-state index contributed by atoms with van der Waals surface area (Å²) in [5, 5.41) is 10.2. The van der Waals surface area contributed by atoms with Crippen molar-refractivity contribution in [3.8, 4) is 5.69 Å². The monoisotopic (exact) mass is 400 g/mol. The molecule has 0 bridgehead atoms. The molecule has 1 fully saturated rings. The topological polar surface area (TPSA) is 76.0 Å². The van der Waals surface area contributed by atoms with Crippen LogP contribution in [0.3, 0.4) is 0 Å². The Morgan fingerprint density at radius 2 is 1.83 bits per heavy atom. The van der Waals surface area contributed by atoms with Gasteiger partial charge >= 0.3 is 0 Å². The van der Waals surface area contributed by atoms with Crippen molar-refractivity contribution in [3.05, 3.63) is 84.2 Å². The second kappa shape index (κ2) is 8.78. The first-order chi connectivity index (χ1) is 14.6. The summed E-state index contributed by atoms with van der Waals surface area (Å²) in [7, 11) is 0. The lowest BCUT2D eigenvalue weighted by molar-refractivity contribution is -0.118. The van der Waals surface area contributed by atoms with E-state index in [1.165, 1.54) is 6.08 Å². The van der Waals surface area contributed by atoms with Gasteiger partial charge in [-0.1, -0.05) is 30.3 Å². The fourth-order valence-electron chi connectivity index (χ4n) is 3.11. The molecule has 1 aliphatic rings. The van der Waals surface area contributed by atoms with Crippen LogP contribution in [0.5, 0.6) is 0 Å². The molecule has 0 radical (unpaired) electrons. The maximum absolute atomic E-state index is 12.3. The summed E-state index contributed by atoms with van der Waals surface area (Å²) in [5.74, 6) is 0.0837. The van der Waals surface area contributed by atoms with Crippen molar-refractivity contribution in [2.45, 2.75) is 25.8 Å². The molecule has 0 aliphatic heterocycles. The van der Waals surface area contributed by atoms with E-state index in [1.54, 1.807) is 17.0 Å². The van der Waals surface area contributed by atoms with Crippen molar-refractivity contribution in [2.75, 3.05) is 5.32 Å². The lowest BCUT2D eigenvalue weighted by Crippen LogP contribution is -2.24. The van der Waals surface area contributed by atoms with Gasteiger partial charge in [-0.3, -0.25) is 9.59 Å². The third kappa shape index (κ3) is 5.03. The molecule has 0 spiro atoms. The fraction of sp³-hybridized carbons (Fsp3) is 0.208. The zero-order valence-electron chi connectivity index (χ0n) is 16.8. The molecular formula is C24H24N4O2. The van der Waals surface area contributed by atoms with E-state index in [9.17, 15) is 9.59 Å². The van der Waals surface area contributed by atoms with Gasteiger partial charge in [0.05, 0.1) is 17.9 Å². The van der Waals surface area contributed by atoms with Gasteiger partial charge in [0, 0.05) is 29.4 Å². The highest BCUT2D eigenvalue weighted by molar-refractivity contribution is 5.94. The first kappa shape index (κ1) is 19.6. The number of nitrogens with one attached hydrogen (secondary N) is 2. The van der Waals surface area contributed by atoms with Crippen molar-refractivity contribution < 1.29 is 9.59 Å². The number of amides is 2. The van der Waals surface area contributed by atoms with Crippen LogP contribution in [-0.2, 0) is 9.59 Å². The van der Waals surface area contributed by atoms with Gasteiger partial charge in [0.1, 0.15) is 0 Å². The van der Waals surface area contributed by atoms with Crippen LogP contribution in [0.1, 0.15) is 36.9 Å². The first-order valence-electron chi connectivity index (χ1n) is 10.1. The predicted molar refractivity (Wildman–Crippen MR) is 117 cm³/mol. The number of rotatable bonds is 7. The third-order valence-electron chi connectivity index (χ3n) is 5.04. The number of nitrogens with zero attached hydrogens (tertiary/aromatic N) is 2. The quantitative estimate of drug-likeness (QED) is 0.586. The number of hydrogen-bond donors (Lipinski definition) is 2. The van der Waals surface area contributed by atoms with Gasteiger partial charge in [0.15, 0.2) is 0 Å². The maximum atomic E-state index is 12.3. The lowest BCUT2D eigenvalue weighted by atomic mass is 10.1. The van der Waals surface area contributed by atoms with Crippen molar-refractivity contribution in [1.29, 1.82) is 0 Å². The van der Waals surface area contributed by atoms with Crippen LogP contribution >= 0.6 is 0 Å². The Kier molecular flexibility index (Phi) is 5.75. The van der Waals surface area contributed by atoms with Crippen LogP contribution < -0.4 is 10.6 Å². The highest BCUT2D eigenvalue weighted by Gasteiger charge is 2.29. The third-order valence-corrected chi connectivity index (χ3v) is 5.04. The average Bonchev–Trinajstić information content (AvgIpc) is 3.51. The first-order valence-corrected chi connectivity index (χ1v) is 10.1. The zero-order chi connectivity index (χ0) is 20.9. The highest BCUT2D eigenvalue weighted by atomic mass is 16.2. The molecule has 1 aromatic heterocycles. The summed E-state index contributed by atoms with van der Waals surface area (Å²) in [6, 6.07) is 17.2. The van der Waals surface area contributed by atoms with Gasteiger partial charge in [-0.15, -0.1) is 0 Å². The molecule has 2 N–H and O–H groups in total. The van der Waals surface area contributed by atoms with Gasteiger partial charge in [-0.2, -0.15) is 5.10 Å². The molecule has 30 heavy (non-hydrogen) atoms. The van der Waals surface area contributed by atoms with Crippen LogP contribution in [0.25, 0.3) is 11.8 Å². The van der Waals surface area contributed by atoms with Crippen LogP contribution in [-0.4, -0.2) is 21.6 Å². The Labute approximate surface area is 175 Å². The Balaban J connectivity index is 1.31. The van der Waals surface area contributed by atoms with Crippen molar-refractivity contribution in [3.63, 3.8) is 0 Å². The molecule has 6 heteroatoms. The largest absolute Gasteiger partial charge is 0.346 e. The molecule has 4 rings (SSSR count). The van der Waals surface area contributed by atoms with Gasteiger partial charge in [0.2, 0.25) is 11.8 Å². The maximum Gasteiger partial charge on any atom is 0.244 e. The SMILES string of the molecule is CC(NC(=O)/C=C/c1cnn(-c2ccccc2)c1)c1ccc(NC(=O)C2CC2)cc1. The molecule has 1 atom stereocenters. The van der Waals surface area contributed by atoms with E-state index in [0.29, 0.717) is 0 Å². The van der Waals surface area contributed by atoms with Gasteiger partial charge in [0.25, 0.3) is 0 Å². The summed E-state index contributed by atoms with van der Waals surface area (Å²) in [6.45, 7) is 1.93. The van der Waals surface area contributed by atoms with E-state index < -0.39 is 0 Å². The molecule has 1 saturated carbocycles. The fourth-order valence-corrected chi connectivity index (χ4v) is 3.11. The number of para-hydroxylation sites is 1. The molecule has 0 saturated heterocycles. The van der Waals surface area contributed by atoms with Crippen LogP contribution in [0.2, 0.25) is 0 Å². The van der Waals surface area contributed by atoms with Crippen molar-refractivity contribution in [2.24, 2.45) is 5.92 Å². The summed E-state index contributed by atoms with van der Waals surface area (Å²) >= 11 is 0. The van der Waals surface area contributed by atoms with Gasteiger partial charge in [-0.05, 0) is 55.7 Å². The number of benzene rings is 2. The molecule has 152 valence electrons. The minimum absolute atomic E-state index is 0.0878. The molecule has 1 aliphatic carbocycles. The van der Waals surface area contributed by atoms with E-state index >= 15 is 0 Å². The van der Waals surface area contributed by atoms with Gasteiger partial charge < -0.3 is 10.6 Å². The Morgan fingerprint density at radius 3 is 2.53 bits per heavy atom. The van der Waals surface area contributed by atoms with E-state index in [2.05, 4.69) is 15.7 Å². The van der Waals surface area contributed by atoms with Gasteiger partial charge in [-0.25, -0.2) is 4.68 Å². The van der Waals surface area contributed by atoms with Crippen molar-refractivity contribution in [1.82, 2.24) is 15.1 Å². The smallest absolute Gasteiger partial charge is 0.244 e. The minimum Gasteiger partial charge on any atom is -0.346 e. The zero-order valence-corrected chi connectivity index (χ0v) is 16.8. The molecule has 1 unspecified atom stereocenters. The molecule has 2 aromatic carbocycles. The second-order valence-electron chi connectivity index (χ2n) is 7.50. The molecule has 3 aromatic rings. The summed E-state index contributed by atoms with van der Waals surface area (Å²) in [6.07, 6.45) is 8.80. The molecule has 1 heterocycles. The lowest BCUT2D eigenvalue weighted by Gasteiger charge is -2.14. The molecule has 2 amide bonds. The minimum atomic E-state index is -0.180. The average molecular weight is 400 g/mol. The highest BCUT2D eigenvalue weighted by Crippen LogP contribution is 2.30. The predicted octanol–water partition coefficient (Wildman–Crippen LogP) is 4.11. The molecular weight excluding hydrogens is 376 g/mol. The Bertz CT molecular complexity index is 1050. The number of carbonyl (C=O) groups is 2. The normalized spacial score (nSPS) is 14.4. The Hall–Kier alpha value is -3.67. The van der Waals surface area contributed by atoms with E-state index in [4.69, 9.17) is 0 Å². The van der Waals surface area contributed by atoms with E-state index in [-0.39, 0.29) is 23.8 Å². The van der Waals surface area contributed by atoms with Crippen LogP contribution in [0, 0.1) is 5.92 Å². The van der Waals surface area contributed by atoms with Crippen LogP contribution in [0.4, 0.5) is 5.69 Å². The van der Waals surface area contributed by atoms with Crippen LogP contribution in [0.15, 0.2) is 73.1 Å². The van der Waals surface area contributed by atoms with Crippen molar-refractivity contribution >= 4 is 23.6 Å². The summed E-state index contributed by atoms with van der Waals surface area (Å²) in [4.78, 5) is 24.1.